The van der Waals surface area contributed by atoms with Crippen LogP contribution in [0.1, 0.15) is 57.3 Å². The van der Waals surface area contributed by atoms with Gasteiger partial charge in [-0.3, -0.25) is 24.3 Å². The van der Waals surface area contributed by atoms with Gasteiger partial charge in [-0.25, -0.2) is 9.78 Å². The number of Topliss-reactive ketones (excluding diaryl/α,β-unsaturated/α-hetero) is 1. The molecule has 4 N–H and O–H groups in total. The number of aryl methyl sites for hydroxylation is 1. The monoisotopic (exact) mass is 853 g/mol. The summed E-state index contributed by atoms with van der Waals surface area (Å²) in [6.07, 6.45) is -0.269. The molecular formula is C44H55N9O7S. The number of piperidine rings is 1. The summed E-state index contributed by atoms with van der Waals surface area (Å²) < 4.78 is 5.93. The van der Waals surface area contributed by atoms with Crippen molar-refractivity contribution >= 4 is 40.6 Å². The number of carbonyl (C=O) groups excluding carboxylic acids is 2. The number of aromatic hydroxyl groups is 1. The number of hydrogen-bond acceptors (Lipinski definition) is 14. The van der Waals surface area contributed by atoms with Crippen LogP contribution in [0.15, 0.2) is 60.1 Å². The van der Waals surface area contributed by atoms with E-state index in [0.29, 0.717) is 55.0 Å². The van der Waals surface area contributed by atoms with Gasteiger partial charge < -0.3 is 35.2 Å². The minimum Gasteiger partial charge on any atom is -0.507 e. The smallest absolute Gasteiger partial charge is 0.413 e. The van der Waals surface area contributed by atoms with Gasteiger partial charge in [-0.15, -0.1) is 21.5 Å². The highest BCUT2D eigenvalue weighted by molar-refractivity contribution is 7.13. The maximum Gasteiger partial charge on any atom is 0.413 e. The zero-order valence-corrected chi connectivity index (χ0v) is 35.9. The zero-order valence-electron chi connectivity index (χ0n) is 35.1. The number of aliphatic hydroxyl groups excluding tert-OH is 1. The molecule has 4 aliphatic rings. The van der Waals surface area contributed by atoms with Crippen LogP contribution in [0.3, 0.4) is 0 Å². The number of thiazole rings is 1. The number of carboxylic acid groups (broad SMARTS) is 1. The molecule has 6 heterocycles. The molecule has 3 saturated heterocycles. The van der Waals surface area contributed by atoms with Crippen LogP contribution in [0.5, 0.6) is 5.75 Å². The van der Waals surface area contributed by atoms with Crippen LogP contribution in [0.2, 0.25) is 0 Å². The average molecular weight is 854 g/mol. The fourth-order valence-electron chi connectivity index (χ4n) is 9.48. The van der Waals surface area contributed by atoms with Crippen molar-refractivity contribution in [2.75, 3.05) is 62.2 Å². The molecule has 61 heavy (non-hydrogen) atoms. The van der Waals surface area contributed by atoms with E-state index in [0.717, 1.165) is 54.2 Å². The molecule has 3 fully saturated rings. The molecule has 2 aromatic heterocycles. The number of likely N-dealkylation sites (tertiary alicyclic amines) is 2. The molecule has 4 aliphatic heterocycles. The van der Waals surface area contributed by atoms with Crippen LogP contribution >= 0.6 is 11.3 Å². The molecule has 324 valence electrons. The molecule has 0 spiro atoms. The molecule has 2 amide bonds. The summed E-state index contributed by atoms with van der Waals surface area (Å²) in [6.45, 7) is 12.6. The molecule has 6 atom stereocenters. The normalized spacial score (nSPS) is 23.0. The maximum absolute atomic E-state index is 13.5. The number of anilines is 2. The number of aliphatic hydroxyl groups is 1. The predicted molar refractivity (Wildman–Crippen MR) is 232 cm³/mol. The fourth-order valence-corrected chi connectivity index (χ4v) is 10.3. The van der Waals surface area contributed by atoms with Gasteiger partial charge in [-0.2, -0.15) is 0 Å². The minimum atomic E-state index is -1.18. The Balaban J connectivity index is 0.808. The van der Waals surface area contributed by atoms with Crippen molar-refractivity contribution in [1.82, 2.24) is 35.2 Å². The number of rotatable bonds is 12. The maximum atomic E-state index is 13.5. The first-order valence-electron chi connectivity index (χ1n) is 21.2. The third-order valence-corrected chi connectivity index (χ3v) is 14.0. The van der Waals surface area contributed by atoms with Gasteiger partial charge in [0.1, 0.15) is 11.5 Å². The number of ketones is 1. The van der Waals surface area contributed by atoms with Crippen molar-refractivity contribution in [2.45, 2.75) is 89.5 Å². The van der Waals surface area contributed by atoms with Crippen molar-refractivity contribution in [2.24, 2.45) is 0 Å². The third-order valence-electron chi connectivity index (χ3n) is 13.1. The van der Waals surface area contributed by atoms with Crippen LogP contribution < -0.4 is 15.1 Å². The first kappa shape index (κ1) is 42.6. The summed E-state index contributed by atoms with van der Waals surface area (Å²) in [6, 6.07) is 15.2. The molecule has 2 aromatic carbocycles. The Hall–Kier alpha value is -5.04. The Morgan fingerprint density at radius 3 is 2.49 bits per heavy atom. The van der Waals surface area contributed by atoms with E-state index in [1.807, 2.05) is 62.7 Å². The molecule has 0 bridgehead atoms. The van der Waals surface area contributed by atoms with Crippen molar-refractivity contribution in [3.8, 4) is 27.4 Å². The lowest BCUT2D eigenvalue weighted by Crippen LogP contribution is -2.66. The number of benzene rings is 2. The number of nitrogens with zero attached hydrogens (tertiary/aromatic N) is 8. The second kappa shape index (κ2) is 18.1. The van der Waals surface area contributed by atoms with Gasteiger partial charge in [-0.05, 0) is 83.0 Å². The van der Waals surface area contributed by atoms with Gasteiger partial charge in [0.15, 0.2) is 12.1 Å². The Labute approximate surface area is 359 Å². The average Bonchev–Trinajstić information content (AvgIpc) is 3.88. The Morgan fingerprint density at radius 2 is 1.79 bits per heavy atom. The van der Waals surface area contributed by atoms with Crippen molar-refractivity contribution in [1.29, 1.82) is 0 Å². The van der Waals surface area contributed by atoms with Gasteiger partial charge in [0.2, 0.25) is 5.91 Å². The van der Waals surface area contributed by atoms with Crippen LogP contribution in [0.4, 0.5) is 16.3 Å². The van der Waals surface area contributed by atoms with E-state index in [1.165, 1.54) is 4.90 Å². The summed E-state index contributed by atoms with van der Waals surface area (Å²) in [5.74, 6) is 0.0976. The topological polar surface area (TPSA) is 188 Å². The number of nitrogens with one attached hydrogen (secondary N) is 1. The highest BCUT2D eigenvalue weighted by atomic mass is 32.1. The van der Waals surface area contributed by atoms with Crippen molar-refractivity contribution < 1.29 is 34.4 Å². The predicted octanol–water partition coefficient (Wildman–Crippen LogP) is 4.37. The number of para-hydroxylation sites is 1. The Morgan fingerprint density at radius 1 is 1.03 bits per heavy atom. The summed E-state index contributed by atoms with van der Waals surface area (Å²) in [4.78, 5) is 54.3. The quantitative estimate of drug-likeness (QED) is 0.147. The van der Waals surface area contributed by atoms with Gasteiger partial charge in [0, 0.05) is 44.2 Å². The summed E-state index contributed by atoms with van der Waals surface area (Å²) >= 11 is 1.59. The van der Waals surface area contributed by atoms with Gasteiger partial charge >= 0.3 is 6.09 Å². The molecular weight excluding hydrogens is 799 g/mol. The first-order valence-corrected chi connectivity index (χ1v) is 22.0. The lowest BCUT2D eigenvalue weighted by molar-refractivity contribution is -0.150. The van der Waals surface area contributed by atoms with E-state index in [1.54, 1.807) is 41.4 Å². The van der Waals surface area contributed by atoms with E-state index in [-0.39, 0.29) is 48.5 Å². The standard InChI is InChI=1S/C44H55N9O7S/c1-26(30-9-11-31(12-10-30)40-27(2)45-25-61-40)46-42(56)37-21-33(54)23-52(37)29(4)43(57)60-20-19-49-15-13-32(14-16-49)50-17-18-51-36-22-35(34-7-5-6-8-39(34)55)47-48-41(36)53(44(58)59)28(3)38(51)24-50/h5-12,22,25-26,28-29,32,37-38,43,55,57H,13-21,23-24H2,1-4H3,(H,46,56)(H,58,59)/t26-,28-,29+,37-,38-,43?/m0/s1. The molecule has 8 rings (SSSR count). The molecule has 0 radical (unpaired) electrons. The third kappa shape index (κ3) is 8.85. The number of carbonyl (C=O) groups is 3. The number of phenols is 1. The summed E-state index contributed by atoms with van der Waals surface area (Å²) in [5, 5.41) is 43.6. The number of fused-ring (bicyclic) bond motifs is 3. The largest absolute Gasteiger partial charge is 0.507 e. The summed E-state index contributed by atoms with van der Waals surface area (Å²) in [5.41, 5.74) is 6.57. The molecule has 0 aliphatic carbocycles. The van der Waals surface area contributed by atoms with E-state index < -0.39 is 24.5 Å². The van der Waals surface area contributed by atoms with Crippen LogP contribution in [0, 0.1) is 6.92 Å². The lowest BCUT2D eigenvalue weighted by Gasteiger charge is -2.53. The highest BCUT2D eigenvalue weighted by Crippen LogP contribution is 2.41. The lowest BCUT2D eigenvalue weighted by atomic mass is 9.95. The number of ether oxygens (including phenoxy) is 1. The Kier molecular flexibility index (Phi) is 12.7. The number of piperazine rings is 1. The molecule has 17 heteroatoms. The van der Waals surface area contributed by atoms with E-state index in [4.69, 9.17) is 4.74 Å². The SMILES string of the molecule is Cc1ncsc1-c1ccc([C@H](C)NC(=O)[C@@H]2CC(=O)CN2[C@H](C)C(O)OCCN2CCC(N3CCN4c5cc(-c6ccccc6O)nnc5N(C(=O)O)[C@@H](C)[C@@H]4C3)CC2)cc1. The van der Waals surface area contributed by atoms with Crippen LogP contribution in [-0.4, -0.2) is 152 Å². The van der Waals surface area contributed by atoms with E-state index in [9.17, 15) is 29.7 Å². The van der Waals surface area contributed by atoms with E-state index >= 15 is 0 Å². The second-order valence-corrected chi connectivity index (χ2v) is 17.6. The van der Waals surface area contributed by atoms with Crippen molar-refractivity contribution in [3.63, 3.8) is 0 Å². The van der Waals surface area contributed by atoms with Crippen LogP contribution in [-0.2, 0) is 14.3 Å². The Bertz CT molecular complexity index is 2220. The van der Waals surface area contributed by atoms with Crippen LogP contribution in [0.25, 0.3) is 21.7 Å². The minimum absolute atomic E-state index is 0.0463. The highest BCUT2D eigenvalue weighted by Gasteiger charge is 2.45. The molecule has 1 unspecified atom stereocenters. The number of amides is 2. The molecule has 0 saturated carbocycles. The number of hydrogen-bond donors (Lipinski definition) is 4. The van der Waals surface area contributed by atoms with Crippen molar-refractivity contribution in [3.05, 3.63) is 71.4 Å². The zero-order chi connectivity index (χ0) is 42.9. The molecule has 4 aromatic rings. The second-order valence-electron chi connectivity index (χ2n) is 16.7. The molecule has 16 nitrogen and oxygen atoms in total. The fraction of sp³-hybridized carbons (Fsp3) is 0.500. The number of aromatic nitrogens is 3. The number of phenolic OH excluding ortho intramolecular Hbond substituents is 1. The van der Waals surface area contributed by atoms with Gasteiger partial charge in [0.05, 0.1) is 70.8 Å². The summed E-state index contributed by atoms with van der Waals surface area (Å²) in [7, 11) is 0. The first-order chi connectivity index (χ1) is 29.4. The van der Waals surface area contributed by atoms with Gasteiger partial charge in [-0.1, -0.05) is 36.4 Å². The van der Waals surface area contributed by atoms with E-state index in [2.05, 4.69) is 35.2 Å². The van der Waals surface area contributed by atoms with Gasteiger partial charge in [0.25, 0.3) is 0 Å².